The normalized spacial score (nSPS) is 11.4. The molecule has 24 heavy (non-hydrogen) atoms. The Bertz CT molecular complexity index is 979. The van der Waals surface area contributed by atoms with Crippen molar-refractivity contribution in [3.63, 3.8) is 0 Å². The number of hydrogen-bond donors (Lipinski definition) is 1. The molecule has 0 fully saturated rings. The molecular weight excluding hydrogens is 307 g/mol. The van der Waals surface area contributed by atoms with E-state index in [1.54, 1.807) is 29.0 Å². The van der Waals surface area contributed by atoms with Crippen LogP contribution in [0.1, 0.15) is 11.1 Å². The number of aliphatic carboxylic acids is 1. The van der Waals surface area contributed by atoms with E-state index >= 15 is 0 Å². The Labute approximate surface area is 137 Å². The Morgan fingerprint density at radius 3 is 2.58 bits per heavy atom. The monoisotopic (exact) mass is 320 g/mol. The fraction of sp³-hybridized carbons (Fsp3) is 0.0526. The number of rotatable bonds is 4. The van der Waals surface area contributed by atoms with Gasteiger partial charge in [-0.3, -0.25) is 4.79 Å². The van der Waals surface area contributed by atoms with Crippen molar-refractivity contribution in [3.05, 3.63) is 71.7 Å². The van der Waals surface area contributed by atoms with E-state index in [0.717, 1.165) is 16.5 Å². The first-order valence-electron chi connectivity index (χ1n) is 7.26. The second kappa shape index (κ2) is 6.39. The smallest absolute Gasteiger partial charge is 0.323 e. The molecule has 0 amide bonds. The molecule has 0 radical (unpaired) electrons. The summed E-state index contributed by atoms with van der Waals surface area (Å²) in [6, 6.07) is 15.2. The highest BCUT2D eigenvalue weighted by atomic mass is 19.1. The van der Waals surface area contributed by atoms with E-state index in [4.69, 9.17) is 5.11 Å². The van der Waals surface area contributed by atoms with E-state index in [-0.39, 0.29) is 12.4 Å². The standard InChI is InChI=1S/C19H13FN2O2/c20-16-7-5-13(6-8-16)14(10-21)9-15-11-22(12-19(23)24)18-4-2-1-3-17(15)18/h1-9,11H,12H2,(H,23,24)/b14-9+. The summed E-state index contributed by atoms with van der Waals surface area (Å²) in [5.74, 6) is -1.31. The van der Waals surface area contributed by atoms with Crippen LogP contribution in [0, 0.1) is 17.1 Å². The van der Waals surface area contributed by atoms with Crippen LogP contribution >= 0.6 is 0 Å². The number of fused-ring (bicyclic) bond motifs is 1. The lowest BCUT2D eigenvalue weighted by atomic mass is 10.0. The lowest BCUT2D eigenvalue weighted by molar-refractivity contribution is -0.137. The molecule has 0 bridgehead atoms. The third-order valence-electron chi connectivity index (χ3n) is 3.70. The molecule has 0 atom stereocenters. The van der Waals surface area contributed by atoms with E-state index in [1.807, 2.05) is 24.3 Å². The minimum Gasteiger partial charge on any atom is -0.480 e. The van der Waals surface area contributed by atoms with E-state index in [9.17, 15) is 14.4 Å². The lowest BCUT2D eigenvalue weighted by Gasteiger charge is -1.99. The fourth-order valence-electron chi connectivity index (χ4n) is 2.63. The van der Waals surface area contributed by atoms with E-state index in [0.29, 0.717) is 11.1 Å². The highest BCUT2D eigenvalue weighted by Crippen LogP contribution is 2.26. The minimum atomic E-state index is -0.940. The largest absolute Gasteiger partial charge is 0.480 e. The Hall–Kier alpha value is -3.39. The maximum Gasteiger partial charge on any atom is 0.323 e. The Kier molecular flexibility index (Phi) is 4.13. The quantitative estimate of drug-likeness (QED) is 0.741. The zero-order chi connectivity index (χ0) is 17.1. The van der Waals surface area contributed by atoms with Crippen LogP contribution in [0.25, 0.3) is 22.6 Å². The third kappa shape index (κ3) is 3.03. The first-order chi connectivity index (χ1) is 11.6. The summed E-state index contributed by atoms with van der Waals surface area (Å²) in [5, 5.41) is 19.3. The summed E-state index contributed by atoms with van der Waals surface area (Å²) in [4.78, 5) is 11.0. The van der Waals surface area contributed by atoms with Crippen molar-refractivity contribution in [3.8, 4) is 6.07 Å². The van der Waals surface area contributed by atoms with Crippen LogP contribution in [0.3, 0.4) is 0 Å². The first-order valence-corrected chi connectivity index (χ1v) is 7.26. The van der Waals surface area contributed by atoms with Crippen LogP contribution in [0.15, 0.2) is 54.7 Å². The van der Waals surface area contributed by atoms with Gasteiger partial charge in [-0.05, 0) is 29.8 Å². The number of carbonyl (C=O) groups is 1. The average Bonchev–Trinajstić information content (AvgIpc) is 2.91. The Balaban J connectivity index is 2.13. The van der Waals surface area contributed by atoms with Gasteiger partial charge in [0.1, 0.15) is 12.4 Å². The molecule has 5 heteroatoms. The Morgan fingerprint density at radius 2 is 1.92 bits per heavy atom. The number of carboxylic acid groups (broad SMARTS) is 1. The van der Waals surface area contributed by atoms with Crippen molar-refractivity contribution in [1.29, 1.82) is 5.26 Å². The van der Waals surface area contributed by atoms with E-state index < -0.39 is 5.97 Å². The fourth-order valence-corrected chi connectivity index (χ4v) is 2.63. The SMILES string of the molecule is N#C/C(=C\c1cn(CC(=O)O)c2ccccc12)c1ccc(F)cc1. The van der Waals surface area contributed by atoms with E-state index in [2.05, 4.69) is 6.07 Å². The molecule has 0 spiro atoms. The molecule has 2 aromatic carbocycles. The van der Waals surface area contributed by atoms with Gasteiger partial charge < -0.3 is 9.67 Å². The van der Waals surface area contributed by atoms with Crippen LogP contribution in [0.2, 0.25) is 0 Å². The number of allylic oxidation sites excluding steroid dienone is 1. The molecule has 0 aliphatic rings. The van der Waals surface area contributed by atoms with E-state index in [1.165, 1.54) is 12.1 Å². The number of nitrogens with zero attached hydrogens (tertiary/aromatic N) is 2. The van der Waals surface area contributed by atoms with Gasteiger partial charge >= 0.3 is 5.97 Å². The van der Waals surface area contributed by atoms with Crippen LogP contribution in [0.4, 0.5) is 4.39 Å². The number of nitriles is 1. The second-order valence-corrected chi connectivity index (χ2v) is 5.30. The molecule has 3 aromatic rings. The molecule has 0 aliphatic carbocycles. The highest BCUT2D eigenvalue weighted by molar-refractivity contribution is 5.98. The molecule has 0 unspecified atom stereocenters. The molecule has 1 N–H and O–H groups in total. The molecule has 118 valence electrons. The average molecular weight is 320 g/mol. The molecule has 4 nitrogen and oxygen atoms in total. The number of carboxylic acids is 1. The van der Waals surface area contributed by atoms with Crippen molar-refractivity contribution >= 4 is 28.5 Å². The maximum atomic E-state index is 13.1. The van der Waals surface area contributed by atoms with Crippen LogP contribution in [-0.4, -0.2) is 15.6 Å². The summed E-state index contributed by atoms with van der Waals surface area (Å²) in [7, 11) is 0. The van der Waals surface area contributed by atoms with Crippen molar-refractivity contribution < 1.29 is 14.3 Å². The molecule has 3 rings (SSSR count). The Morgan fingerprint density at radius 1 is 1.21 bits per heavy atom. The summed E-state index contributed by atoms with van der Waals surface area (Å²) in [5.41, 5.74) is 2.51. The molecule has 1 heterocycles. The van der Waals surface area contributed by atoms with Gasteiger partial charge in [0.2, 0.25) is 0 Å². The summed E-state index contributed by atoms with van der Waals surface area (Å²) in [6.45, 7) is -0.160. The van der Waals surface area contributed by atoms with Crippen LogP contribution in [-0.2, 0) is 11.3 Å². The van der Waals surface area contributed by atoms with Gasteiger partial charge in [0.15, 0.2) is 0 Å². The number of aromatic nitrogens is 1. The molecular formula is C19H13FN2O2. The number of benzene rings is 2. The van der Waals surface area contributed by atoms with Crippen molar-refractivity contribution in [1.82, 2.24) is 4.57 Å². The highest BCUT2D eigenvalue weighted by Gasteiger charge is 2.10. The number of hydrogen-bond acceptors (Lipinski definition) is 2. The van der Waals surface area contributed by atoms with Gasteiger partial charge in [0.05, 0.1) is 11.6 Å². The molecule has 0 saturated heterocycles. The summed E-state index contributed by atoms with van der Waals surface area (Å²) >= 11 is 0. The predicted octanol–water partition coefficient (Wildman–Crippen LogP) is 3.93. The van der Waals surface area contributed by atoms with Crippen molar-refractivity contribution in [2.45, 2.75) is 6.54 Å². The van der Waals surface area contributed by atoms with Gasteiger partial charge in [-0.25, -0.2) is 4.39 Å². The maximum absolute atomic E-state index is 13.1. The van der Waals surface area contributed by atoms with Crippen LogP contribution in [0.5, 0.6) is 0 Å². The zero-order valence-corrected chi connectivity index (χ0v) is 12.6. The lowest BCUT2D eigenvalue weighted by Crippen LogP contribution is -2.07. The van der Waals surface area contributed by atoms with Gasteiger partial charge in [0, 0.05) is 22.7 Å². The molecule has 0 aliphatic heterocycles. The zero-order valence-electron chi connectivity index (χ0n) is 12.6. The van der Waals surface area contributed by atoms with Gasteiger partial charge in [-0.2, -0.15) is 5.26 Å². The number of halogens is 1. The number of para-hydroxylation sites is 1. The second-order valence-electron chi connectivity index (χ2n) is 5.30. The van der Waals surface area contributed by atoms with Gasteiger partial charge in [-0.15, -0.1) is 0 Å². The van der Waals surface area contributed by atoms with Crippen LogP contribution < -0.4 is 0 Å². The predicted molar refractivity (Wildman–Crippen MR) is 89.5 cm³/mol. The van der Waals surface area contributed by atoms with Gasteiger partial charge in [0.25, 0.3) is 0 Å². The topological polar surface area (TPSA) is 66.0 Å². The van der Waals surface area contributed by atoms with Crippen molar-refractivity contribution in [2.75, 3.05) is 0 Å². The molecule has 1 aromatic heterocycles. The molecule has 0 saturated carbocycles. The first kappa shape index (κ1) is 15.5. The summed E-state index contributed by atoms with van der Waals surface area (Å²) in [6.07, 6.45) is 3.40. The third-order valence-corrected chi connectivity index (χ3v) is 3.70. The summed E-state index contributed by atoms with van der Waals surface area (Å²) < 4.78 is 14.7. The minimum absolute atomic E-state index is 0.160. The van der Waals surface area contributed by atoms with Crippen molar-refractivity contribution in [2.24, 2.45) is 0 Å². The van der Waals surface area contributed by atoms with Gasteiger partial charge in [-0.1, -0.05) is 30.3 Å².